The van der Waals surface area contributed by atoms with Crippen LogP contribution in [0.2, 0.25) is 39.3 Å². The van der Waals surface area contributed by atoms with Gasteiger partial charge >= 0.3 is 315 Å². The van der Waals surface area contributed by atoms with E-state index in [1.54, 1.807) is 0 Å². The summed E-state index contributed by atoms with van der Waals surface area (Å²) in [5.41, 5.74) is 12.2. The van der Waals surface area contributed by atoms with Gasteiger partial charge in [0.25, 0.3) is 0 Å². The SMILES string of the molecule is CC1=Cc2c(-c3ccccc3)cccc2[CH]1[Zr]([NH]C(=O)[Si](C)(C)C)([NH]C(=O)[Si](C)(C)C)[CH]1C(C)=Cc2c(-c3ccccc3)cccc21.[InH3]. The van der Waals surface area contributed by atoms with E-state index < -0.39 is 37.0 Å². The molecule has 2 amide bonds. The summed E-state index contributed by atoms with van der Waals surface area (Å²) in [5, 5.41) is 0. The summed E-state index contributed by atoms with van der Waals surface area (Å²) in [5.74, 6) is 0. The number of fused-ring (bicyclic) bond motifs is 2. The molecule has 0 radical (unpaired) electrons. The van der Waals surface area contributed by atoms with Gasteiger partial charge in [-0.15, -0.1) is 0 Å². The predicted octanol–water partition coefficient (Wildman–Crippen LogP) is 9.70. The molecule has 4 nitrogen and oxygen atoms in total. The first-order valence-electron chi connectivity index (χ1n) is 16.6. The summed E-state index contributed by atoms with van der Waals surface area (Å²) in [6.45, 7) is 17.1. The van der Waals surface area contributed by atoms with Crippen molar-refractivity contribution in [1.29, 1.82) is 0 Å². The number of amides is 2. The average Bonchev–Trinajstić information content (AvgIpc) is 3.56. The van der Waals surface area contributed by atoms with E-state index in [1.165, 1.54) is 55.7 Å². The fourth-order valence-corrected chi connectivity index (χ4v) is 27.8. The van der Waals surface area contributed by atoms with Gasteiger partial charge in [-0.25, -0.2) is 0 Å². The van der Waals surface area contributed by atoms with Gasteiger partial charge in [-0.1, -0.05) is 0 Å². The van der Waals surface area contributed by atoms with Crippen molar-refractivity contribution in [1.82, 2.24) is 6.52 Å². The second-order valence-corrected chi connectivity index (χ2v) is 33.5. The van der Waals surface area contributed by atoms with Crippen molar-refractivity contribution in [3.63, 3.8) is 0 Å². The first-order valence-corrected chi connectivity index (χ1v) is 28.9. The Morgan fingerprint density at radius 3 is 1.23 bits per heavy atom. The zero-order chi connectivity index (χ0) is 33.7. The van der Waals surface area contributed by atoms with E-state index in [9.17, 15) is 9.59 Å². The van der Waals surface area contributed by atoms with E-state index >= 15 is 0 Å². The van der Waals surface area contributed by atoms with Crippen LogP contribution in [0.5, 0.6) is 0 Å². The van der Waals surface area contributed by atoms with Gasteiger partial charge in [0.15, 0.2) is 0 Å². The van der Waals surface area contributed by atoms with Crippen molar-refractivity contribution in [3.8, 4) is 22.3 Å². The molecule has 0 fully saturated rings. The van der Waals surface area contributed by atoms with Crippen molar-refractivity contribution < 1.29 is 30.4 Å². The summed E-state index contributed by atoms with van der Waals surface area (Å²) in [4.78, 5) is 28.9. The van der Waals surface area contributed by atoms with Crippen molar-refractivity contribution >= 4 is 65.2 Å². The van der Waals surface area contributed by atoms with Crippen LogP contribution in [0, 0.1) is 0 Å². The Kier molecular flexibility index (Phi) is 10.7. The van der Waals surface area contributed by atoms with E-state index in [-0.39, 0.29) is 44.2 Å². The molecule has 2 N–H and O–H groups in total. The quantitative estimate of drug-likeness (QED) is 0.174. The Bertz CT molecular complexity index is 1790. The van der Waals surface area contributed by atoms with E-state index in [1.807, 2.05) is 12.1 Å². The van der Waals surface area contributed by atoms with Crippen molar-refractivity contribution in [2.45, 2.75) is 60.4 Å². The number of benzene rings is 4. The van der Waals surface area contributed by atoms with E-state index in [2.05, 4.69) is 157 Å². The summed E-state index contributed by atoms with van der Waals surface area (Å²) < 4.78 is 7.56. The van der Waals surface area contributed by atoms with Crippen LogP contribution in [-0.2, 0) is 20.8 Å². The Balaban J connectivity index is 0.00000451. The first kappa shape index (κ1) is 36.8. The molecule has 246 valence electrons. The Morgan fingerprint density at radius 2 is 0.896 bits per heavy atom. The fourth-order valence-electron chi connectivity index (χ4n) is 7.29. The minimum absolute atomic E-state index is 0. The third-order valence-electron chi connectivity index (χ3n) is 9.64. The molecule has 2 aliphatic carbocycles. The molecule has 0 aromatic heterocycles. The molecule has 0 heterocycles. The summed E-state index contributed by atoms with van der Waals surface area (Å²) in [6.07, 6.45) is 4.65. The first-order chi connectivity index (χ1) is 22.2. The molecule has 8 heteroatoms. The Morgan fingerprint density at radius 1 is 0.542 bits per heavy atom. The molecule has 0 aliphatic heterocycles. The van der Waals surface area contributed by atoms with E-state index in [4.69, 9.17) is 0 Å². The third kappa shape index (κ3) is 6.79. The molecular formula is C40H49InN2O2Si2Zr. The van der Waals surface area contributed by atoms with Crippen LogP contribution < -0.4 is 6.52 Å². The molecule has 0 saturated heterocycles. The second kappa shape index (κ2) is 14.0. The van der Waals surface area contributed by atoms with Gasteiger partial charge < -0.3 is 0 Å². The van der Waals surface area contributed by atoms with Crippen molar-refractivity contribution in [3.05, 3.63) is 130 Å². The number of rotatable bonds is 8. The van der Waals surface area contributed by atoms with Crippen molar-refractivity contribution in [2.75, 3.05) is 0 Å². The number of allylic oxidation sites excluding steroid dienone is 2. The number of hydrogen-bond donors (Lipinski definition) is 2. The second-order valence-electron chi connectivity index (χ2n) is 15.3. The topological polar surface area (TPSA) is 58.2 Å². The molecule has 48 heavy (non-hydrogen) atoms. The van der Waals surface area contributed by atoms with Gasteiger partial charge in [0, 0.05) is 0 Å². The van der Waals surface area contributed by atoms with Crippen LogP contribution in [-0.4, -0.2) is 53.1 Å². The summed E-state index contributed by atoms with van der Waals surface area (Å²) >= 11 is -4.58. The van der Waals surface area contributed by atoms with Crippen molar-refractivity contribution in [2.24, 2.45) is 0 Å². The van der Waals surface area contributed by atoms with Gasteiger partial charge in [0.1, 0.15) is 0 Å². The van der Waals surface area contributed by atoms with Gasteiger partial charge in [0.2, 0.25) is 0 Å². The van der Waals surface area contributed by atoms with Crippen LogP contribution in [0.4, 0.5) is 9.59 Å². The van der Waals surface area contributed by atoms with Crippen LogP contribution in [0.25, 0.3) is 34.4 Å². The molecule has 2 aliphatic rings. The molecule has 2 unspecified atom stereocenters. The number of carbonyl (C=O) groups is 2. The number of carbonyl (C=O) groups excluding carboxylic acids is 2. The minimum atomic E-state index is -4.58. The van der Waals surface area contributed by atoms with E-state index in [0.717, 1.165) is 0 Å². The van der Waals surface area contributed by atoms with Crippen LogP contribution in [0.3, 0.4) is 0 Å². The maximum atomic E-state index is 14.5. The average molecular weight is 852 g/mol. The van der Waals surface area contributed by atoms with Crippen LogP contribution >= 0.6 is 0 Å². The zero-order valence-corrected chi connectivity index (χ0v) is 33.3. The normalized spacial score (nSPS) is 17.0. The van der Waals surface area contributed by atoms with Gasteiger partial charge in [-0.2, -0.15) is 0 Å². The fraction of sp³-hybridized carbons (Fsp3) is 0.250. The molecule has 4 aromatic carbocycles. The summed E-state index contributed by atoms with van der Waals surface area (Å²) in [7, 11) is -4.60. The molecule has 2 atom stereocenters. The molecular weight excluding hydrogens is 803 g/mol. The standard InChI is InChI=1S/2C16H13.2C4H11NOSi.In.Zr.3H/c2*1-12-10-14-8-5-9-15(16(14)11-12)13-6-3-2-4-7-13;2*1-7(2,3)4(5)6;;;;;/h2*2-11H,1H3;2*1-3H3,(H2,5,6);;;;;/q;;;;;+2;;;/p-2. The zero-order valence-electron chi connectivity index (χ0n) is 28.9. The number of hydrogen-bond acceptors (Lipinski definition) is 2. The Hall–Kier alpha value is -2.51. The monoisotopic (exact) mass is 850 g/mol. The van der Waals surface area contributed by atoms with Gasteiger partial charge in [-0.05, 0) is 0 Å². The maximum absolute atomic E-state index is 14.5. The molecule has 0 saturated carbocycles. The molecule has 4 aromatic rings. The van der Waals surface area contributed by atoms with Crippen LogP contribution in [0.15, 0.2) is 108 Å². The molecule has 6 rings (SSSR count). The van der Waals surface area contributed by atoms with E-state index in [0.29, 0.717) is 0 Å². The molecule has 0 bridgehead atoms. The van der Waals surface area contributed by atoms with Gasteiger partial charge in [-0.3, -0.25) is 0 Å². The van der Waals surface area contributed by atoms with Gasteiger partial charge in [0.05, 0.1) is 0 Å². The van der Waals surface area contributed by atoms with Crippen LogP contribution in [0.1, 0.15) is 43.4 Å². The Labute approximate surface area is 312 Å². The number of nitrogens with one attached hydrogen (secondary N) is 2. The summed E-state index contributed by atoms with van der Waals surface area (Å²) in [6, 6.07) is 34.2. The predicted molar refractivity (Wildman–Crippen MR) is 210 cm³/mol. The third-order valence-corrected chi connectivity index (χ3v) is 25.2. The molecule has 0 spiro atoms.